The van der Waals surface area contributed by atoms with Crippen molar-refractivity contribution in [2.24, 2.45) is 0 Å². The Kier molecular flexibility index (Phi) is 2.80. The van der Waals surface area contributed by atoms with Crippen LogP contribution in [-0.4, -0.2) is 13.2 Å². The van der Waals surface area contributed by atoms with Crippen LogP contribution < -0.4 is 0 Å². The van der Waals surface area contributed by atoms with Crippen molar-refractivity contribution in [1.29, 1.82) is 0 Å². The number of ether oxygens (including phenoxy) is 1. The number of rotatable bonds is 0. The smallest absolute Gasteiger partial charge is 0.0821 e. The second-order valence-corrected chi connectivity index (χ2v) is 4.47. The van der Waals surface area contributed by atoms with Gasteiger partial charge in [0.1, 0.15) is 0 Å². The van der Waals surface area contributed by atoms with Gasteiger partial charge in [-0.15, -0.1) is 11.6 Å². The Bertz CT molecular complexity index is 346. The largest absolute Gasteiger partial charge is 0.379 e. The molecule has 2 heteroatoms. The fourth-order valence-corrected chi connectivity index (χ4v) is 2.39. The standard InChI is InChI=1S/C12H15ClO/c1-8-5-9(2)10-3-4-14-7-12(13)11(10)6-8/h5-6,12H,3-4,7H2,1-2H3. The highest BCUT2D eigenvalue weighted by atomic mass is 35.5. The summed E-state index contributed by atoms with van der Waals surface area (Å²) < 4.78 is 5.45. The van der Waals surface area contributed by atoms with E-state index in [1.165, 1.54) is 22.3 Å². The first-order valence-electron chi connectivity index (χ1n) is 5.00. The van der Waals surface area contributed by atoms with Crippen molar-refractivity contribution < 1.29 is 4.74 Å². The Balaban J connectivity index is 2.53. The minimum absolute atomic E-state index is 0.0195. The van der Waals surface area contributed by atoms with E-state index in [1.807, 2.05) is 0 Å². The van der Waals surface area contributed by atoms with Gasteiger partial charge in [0.25, 0.3) is 0 Å². The lowest BCUT2D eigenvalue weighted by atomic mass is 9.95. The molecule has 0 saturated heterocycles. The van der Waals surface area contributed by atoms with E-state index >= 15 is 0 Å². The fourth-order valence-electron chi connectivity index (χ4n) is 2.10. The van der Waals surface area contributed by atoms with Crippen molar-refractivity contribution in [3.63, 3.8) is 0 Å². The molecular weight excluding hydrogens is 196 g/mol. The van der Waals surface area contributed by atoms with Gasteiger partial charge in [0.05, 0.1) is 18.6 Å². The zero-order valence-corrected chi connectivity index (χ0v) is 9.40. The molecule has 0 amide bonds. The summed E-state index contributed by atoms with van der Waals surface area (Å²) in [6.07, 6.45) is 0.991. The van der Waals surface area contributed by atoms with Crippen molar-refractivity contribution in [1.82, 2.24) is 0 Å². The Morgan fingerprint density at radius 1 is 1.36 bits per heavy atom. The summed E-state index contributed by atoms with van der Waals surface area (Å²) in [5.74, 6) is 0. The summed E-state index contributed by atoms with van der Waals surface area (Å²) in [5.41, 5.74) is 5.28. The summed E-state index contributed by atoms with van der Waals surface area (Å²) in [5, 5.41) is 0.0195. The molecule has 1 aromatic rings. The van der Waals surface area contributed by atoms with Gasteiger partial charge in [0.2, 0.25) is 0 Å². The van der Waals surface area contributed by atoms with Crippen molar-refractivity contribution in [2.75, 3.05) is 13.2 Å². The molecule has 0 N–H and O–H groups in total. The molecule has 1 atom stereocenters. The van der Waals surface area contributed by atoms with Gasteiger partial charge in [-0.3, -0.25) is 0 Å². The number of benzene rings is 1. The van der Waals surface area contributed by atoms with Crippen LogP contribution in [0.4, 0.5) is 0 Å². The summed E-state index contributed by atoms with van der Waals surface area (Å²) >= 11 is 6.27. The molecule has 1 unspecified atom stereocenters. The molecular formula is C12H15ClO. The minimum Gasteiger partial charge on any atom is -0.379 e. The van der Waals surface area contributed by atoms with Gasteiger partial charge in [0, 0.05) is 0 Å². The van der Waals surface area contributed by atoms with Gasteiger partial charge in [0.15, 0.2) is 0 Å². The van der Waals surface area contributed by atoms with Crippen LogP contribution in [-0.2, 0) is 11.2 Å². The van der Waals surface area contributed by atoms with Gasteiger partial charge in [-0.2, -0.15) is 0 Å². The predicted octanol–water partition coefficient (Wildman–Crippen LogP) is 3.16. The third kappa shape index (κ3) is 1.79. The zero-order valence-electron chi connectivity index (χ0n) is 8.64. The van der Waals surface area contributed by atoms with Crippen LogP contribution in [0.15, 0.2) is 12.1 Å². The van der Waals surface area contributed by atoms with Crippen LogP contribution in [0, 0.1) is 13.8 Å². The molecule has 14 heavy (non-hydrogen) atoms. The third-order valence-electron chi connectivity index (χ3n) is 2.75. The molecule has 0 saturated carbocycles. The number of aryl methyl sites for hydroxylation is 2. The first kappa shape index (κ1) is 10.0. The van der Waals surface area contributed by atoms with Crippen LogP contribution in [0.5, 0.6) is 0 Å². The number of hydrogen-bond acceptors (Lipinski definition) is 1. The van der Waals surface area contributed by atoms with Crippen LogP contribution in [0.1, 0.15) is 27.6 Å². The average Bonchev–Trinajstić information content (AvgIpc) is 2.29. The molecule has 1 heterocycles. The van der Waals surface area contributed by atoms with Crippen molar-refractivity contribution in [3.05, 3.63) is 34.4 Å². The van der Waals surface area contributed by atoms with Gasteiger partial charge in [-0.1, -0.05) is 17.7 Å². The van der Waals surface area contributed by atoms with Gasteiger partial charge < -0.3 is 4.74 Å². The molecule has 1 nitrogen and oxygen atoms in total. The van der Waals surface area contributed by atoms with E-state index in [-0.39, 0.29) is 5.38 Å². The maximum absolute atomic E-state index is 6.27. The van der Waals surface area contributed by atoms with Crippen molar-refractivity contribution >= 4 is 11.6 Å². The van der Waals surface area contributed by atoms with E-state index in [4.69, 9.17) is 16.3 Å². The van der Waals surface area contributed by atoms with E-state index < -0.39 is 0 Å². The number of halogens is 1. The molecule has 2 rings (SSSR count). The maximum atomic E-state index is 6.27. The molecule has 76 valence electrons. The summed E-state index contributed by atoms with van der Waals surface area (Å²) in [7, 11) is 0. The number of fused-ring (bicyclic) bond motifs is 1. The molecule has 1 aromatic carbocycles. The van der Waals surface area contributed by atoms with Crippen LogP contribution >= 0.6 is 11.6 Å². The van der Waals surface area contributed by atoms with E-state index in [1.54, 1.807) is 0 Å². The SMILES string of the molecule is Cc1cc(C)c2c(c1)C(Cl)COCC2. The van der Waals surface area contributed by atoms with E-state index in [9.17, 15) is 0 Å². The van der Waals surface area contributed by atoms with Crippen LogP contribution in [0.3, 0.4) is 0 Å². The Labute approximate surface area is 90.0 Å². The molecule has 0 fully saturated rings. The second-order valence-electron chi connectivity index (χ2n) is 3.94. The van der Waals surface area contributed by atoms with Gasteiger partial charge >= 0.3 is 0 Å². The molecule has 1 aliphatic heterocycles. The number of hydrogen-bond donors (Lipinski definition) is 0. The Hall–Kier alpha value is -0.530. The quantitative estimate of drug-likeness (QED) is 0.598. The van der Waals surface area contributed by atoms with E-state index in [0.29, 0.717) is 6.61 Å². The monoisotopic (exact) mass is 210 g/mol. The van der Waals surface area contributed by atoms with Crippen LogP contribution in [0.25, 0.3) is 0 Å². The zero-order chi connectivity index (χ0) is 10.1. The van der Waals surface area contributed by atoms with E-state index in [0.717, 1.165) is 13.0 Å². The predicted molar refractivity (Wildman–Crippen MR) is 59.0 cm³/mol. The van der Waals surface area contributed by atoms with E-state index in [2.05, 4.69) is 26.0 Å². The molecule has 0 bridgehead atoms. The van der Waals surface area contributed by atoms with Gasteiger partial charge in [-0.05, 0) is 37.0 Å². The second kappa shape index (κ2) is 3.92. The minimum atomic E-state index is 0.0195. The lowest BCUT2D eigenvalue weighted by Gasteiger charge is -2.13. The topological polar surface area (TPSA) is 9.23 Å². The Morgan fingerprint density at radius 3 is 2.93 bits per heavy atom. The molecule has 0 aliphatic carbocycles. The lowest BCUT2D eigenvalue weighted by molar-refractivity contribution is 0.143. The summed E-state index contributed by atoms with van der Waals surface area (Å²) in [6.45, 7) is 5.70. The van der Waals surface area contributed by atoms with Gasteiger partial charge in [-0.25, -0.2) is 0 Å². The number of alkyl halides is 1. The fraction of sp³-hybridized carbons (Fsp3) is 0.500. The summed E-state index contributed by atoms with van der Waals surface area (Å²) in [4.78, 5) is 0. The molecule has 1 aliphatic rings. The average molecular weight is 211 g/mol. The molecule has 0 radical (unpaired) electrons. The highest BCUT2D eigenvalue weighted by Crippen LogP contribution is 2.30. The van der Waals surface area contributed by atoms with Crippen LogP contribution in [0.2, 0.25) is 0 Å². The summed E-state index contributed by atoms with van der Waals surface area (Å²) in [6, 6.07) is 4.41. The third-order valence-corrected chi connectivity index (χ3v) is 3.11. The van der Waals surface area contributed by atoms with Crippen molar-refractivity contribution in [3.8, 4) is 0 Å². The lowest BCUT2D eigenvalue weighted by Crippen LogP contribution is -2.00. The molecule has 0 aromatic heterocycles. The normalized spacial score (nSPS) is 21.5. The molecule has 0 spiro atoms. The first-order valence-corrected chi connectivity index (χ1v) is 5.44. The highest BCUT2D eigenvalue weighted by Gasteiger charge is 2.18. The maximum Gasteiger partial charge on any atom is 0.0821 e. The van der Waals surface area contributed by atoms with Crippen molar-refractivity contribution in [2.45, 2.75) is 25.6 Å². The highest BCUT2D eigenvalue weighted by molar-refractivity contribution is 6.21. The first-order chi connectivity index (χ1) is 6.68. The Morgan fingerprint density at radius 2 is 2.14 bits per heavy atom.